The second-order valence-electron chi connectivity index (χ2n) is 3.60. The Labute approximate surface area is 93.4 Å². The zero-order valence-electron chi connectivity index (χ0n) is 8.73. The van der Waals surface area contributed by atoms with Crippen LogP contribution in [-0.4, -0.2) is 32.3 Å². The summed E-state index contributed by atoms with van der Waals surface area (Å²) >= 11 is 3.43. The Morgan fingerprint density at radius 3 is 3.00 bits per heavy atom. The highest BCUT2D eigenvalue weighted by atomic mass is 32.2. The molecule has 0 spiro atoms. The number of rotatable bonds is 3. The number of nitrogens with zero attached hydrogens (tertiary/aromatic N) is 2. The summed E-state index contributed by atoms with van der Waals surface area (Å²) < 4.78 is 1.02. The first-order valence-electron chi connectivity index (χ1n) is 4.68. The van der Waals surface area contributed by atoms with Crippen LogP contribution < -0.4 is 0 Å². The van der Waals surface area contributed by atoms with E-state index in [9.17, 15) is 0 Å². The monoisotopic (exact) mass is 232 g/mol. The van der Waals surface area contributed by atoms with Crippen molar-refractivity contribution >= 4 is 34.1 Å². The lowest BCUT2D eigenvalue weighted by atomic mass is 10.2. The minimum absolute atomic E-state index is 0.0916. The molecule has 0 aliphatic carbocycles. The van der Waals surface area contributed by atoms with Gasteiger partial charge in [-0.05, 0) is 20.3 Å². The average Bonchev–Trinajstić information content (AvgIpc) is 2.48. The van der Waals surface area contributed by atoms with Crippen LogP contribution in [0.3, 0.4) is 0 Å². The highest BCUT2D eigenvalue weighted by molar-refractivity contribution is 8.42. The van der Waals surface area contributed by atoms with E-state index in [1.165, 1.54) is 0 Å². The van der Waals surface area contributed by atoms with Gasteiger partial charge in [0, 0.05) is 11.8 Å². The van der Waals surface area contributed by atoms with Crippen molar-refractivity contribution in [1.82, 2.24) is 0 Å². The van der Waals surface area contributed by atoms with Crippen molar-refractivity contribution in [2.45, 2.75) is 38.0 Å². The smallest absolute Gasteiger partial charge is 0.125 e. The third-order valence-corrected chi connectivity index (χ3v) is 4.93. The van der Waals surface area contributed by atoms with Crippen LogP contribution in [0.2, 0.25) is 0 Å². The van der Waals surface area contributed by atoms with Crippen LogP contribution in [0, 0.1) is 0 Å². The standard InChI is InChI=1S/C9H16N2OS2/c1-4-7(2)11-8-13-6-9(3,14-8)5-10-12/h5,7,12H,4,6H2,1-3H3/b10-5-,11-8?/t7-,9-/m1/s1. The van der Waals surface area contributed by atoms with Gasteiger partial charge < -0.3 is 5.21 Å². The van der Waals surface area contributed by atoms with Gasteiger partial charge in [-0.25, -0.2) is 0 Å². The van der Waals surface area contributed by atoms with E-state index in [2.05, 4.69) is 30.9 Å². The van der Waals surface area contributed by atoms with E-state index in [4.69, 9.17) is 5.21 Å². The largest absolute Gasteiger partial charge is 0.411 e. The Morgan fingerprint density at radius 2 is 2.43 bits per heavy atom. The highest BCUT2D eigenvalue weighted by Gasteiger charge is 2.33. The van der Waals surface area contributed by atoms with E-state index in [-0.39, 0.29) is 4.75 Å². The second-order valence-corrected chi connectivity index (χ2v) is 6.35. The van der Waals surface area contributed by atoms with Crippen molar-refractivity contribution in [3.05, 3.63) is 0 Å². The molecule has 0 unspecified atom stereocenters. The fraction of sp³-hybridized carbons (Fsp3) is 0.778. The van der Waals surface area contributed by atoms with Crippen LogP contribution >= 0.6 is 23.5 Å². The van der Waals surface area contributed by atoms with E-state index < -0.39 is 0 Å². The fourth-order valence-corrected chi connectivity index (χ4v) is 3.85. The van der Waals surface area contributed by atoms with E-state index in [0.29, 0.717) is 6.04 Å². The maximum absolute atomic E-state index is 8.51. The minimum atomic E-state index is -0.0916. The van der Waals surface area contributed by atoms with E-state index in [1.807, 2.05) is 0 Å². The third-order valence-electron chi connectivity index (χ3n) is 2.05. The molecule has 0 saturated carbocycles. The fourth-order valence-electron chi connectivity index (χ4n) is 0.984. The lowest BCUT2D eigenvalue weighted by molar-refractivity contribution is 0.320. The van der Waals surface area contributed by atoms with Gasteiger partial charge in [-0.15, -0.1) is 5.16 Å². The predicted octanol–water partition coefficient (Wildman–Crippen LogP) is 2.84. The molecule has 14 heavy (non-hydrogen) atoms. The number of hydrogen-bond acceptors (Lipinski definition) is 5. The van der Waals surface area contributed by atoms with Crippen LogP contribution in [-0.2, 0) is 0 Å². The third kappa shape index (κ3) is 3.20. The molecule has 0 amide bonds. The maximum Gasteiger partial charge on any atom is 0.125 e. The van der Waals surface area contributed by atoms with Crippen LogP contribution in [0.5, 0.6) is 0 Å². The summed E-state index contributed by atoms with van der Waals surface area (Å²) in [6.45, 7) is 6.31. The molecule has 0 aromatic heterocycles. The Bertz CT molecular complexity index is 255. The molecular weight excluding hydrogens is 216 g/mol. The normalized spacial score (nSPS) is 32.9. The van der Waals surface area contributed by atoms with Crippen LogP contribution in [0.4, 0.5) is 0 Å². The zero-order valence-corrected chi connectivity index (χ0v) is 10.4. The van der Waals surface area contributed by atoms with Crippen LogP contribution in [0.1, 0.15) is 27.2 Å². The van der Waals surface area contributed by atoms with Gasteiger partial charge in [-0.1, -0.05) is 30.4 Å². The summed E-state index contributed by atoms with van der Waals surface area (Å²) in [5, 5.41) is 11.6. The lowest BCUT2D eigenvalue weighted by Crippen LogP contribution is -2.21. The molecule has 1 N–H and O–H groups in total. The molecule has 1 saturated heterocycles. The first-order valence-corrected chi connectivity index (χ1v) is 6.48. The molecule has 1 fully saturated rings. The van der Waals surface area contributed by atoms with Crippen LogP contribution in [0.15, 0.2) is 10.1 Å². The van der Waals surface area contributed by atoms with E-state index in [1.54, 1.807) is 29.7 Å². The van der Waals surface area contributed by atoms with Gasteiger partial charge in [0.25, 0.3) is 0 Å². The maximum atomic E-state index is 8.51. The number of aliphatic imine (C=N–C) groups is 1. The number of hydrogen-bond donors (Lipinski definition) is 1. The van der Waals surface area contributed by atoms with Crippen molar-refractivity contribution < 1.29 is 5.21 Å². The minimum Gasteiger partial charge on any atom is -0.411 e. The Kier molecular flexibility index (Phi) is 4.31. The molecule has 0 radical (unpaired) electrons. The summed E-state index contributed by atoms with van der Waals surface area (Å²) in [4.78, 5) is 4.57. The zero-order chi connectivity index (χ0) is 10.6. The first kappa shape index (κ1) is 11.9. The molecule has 1 aliphatic rings. The van der Waals surface area contributed by atoms with Gasteiger partial charge in [0.2, 0.25) is 0 Å². The quantitative estimate of drug-likeness (QED) is 0.462. The van der Waals surface area contributed by atoms with Crippen molar-refractivity contribution in [3.8, 4) is 0 Å². The van der Waals surface area contributed by atoms with Crippen molar-refractivity contribution in [2.24, 2.45) is 10.1 Å². The average molecular weight is 232 g/mol. The molecular formula is C9H16N2OS2. The summed E-state index contributed by atoms with van der Waals surface area (Å²) in [5.74, 6) is 0.928. The molecule has 0 aromatic carbocycles. The summed E-state index contributed by atoms with van der Waals surface area (Å²) in [6, 6.07) is 0.387. The molecule has 2 atom stereocenters. The topological polar surface area (TPSA) is 45.0 Å². The van der Waals surface area contributed by atoms with Gasteiger partial charge in [0.1, 0.15) is 4.38 Å². The molecule has 1 aliphatic heterocycles. The Hall–Kier alpha value is -0.160. The SMILES string of the molecule is CC[C@@H](C)N=C1SC[C@@](C)(/C=N\O)S1. The lowest BCUT2D eigenvalue weighted by Gasteiger charge is -2.12. The van der Waals surface area contributed by atoms with Crippen LogP contribution in [0.25, 0.3) is 0 Å². The van der Waals surface area contributed by atoms with E-state index >= 15 is 0 Å². The number of oxime groups is 1. The molecule has 3 nitrogen and oxygen atoms in total. The van der Waals surface area contributed by atoms with Gasteiger partial charge in [-0.3, -0.25) is 4.99 Å². The molecule has 0 aromatic rings. The summed E-state index contributed by atoms with van der Waals surface area (Å²) in [5.41, 5.74) is 0. The summed E-state index contributed by atoms with van der Waals surface area (Å²) in [6.07, 6.45) is 2.65. The second kappa shape index (κ2) is 5.07. The van der Waals surface area contributed by atoms with E-state index in [0.717, 1.165) is 16.5 Å². The molecule has 1 rings (SSSR count). The molecule has 1 heterocycles. The van der Waals surface area contributed by atoms with Crippen molar-refractivity contribution in [2.75, 3.05) is 5.75 Å². The highest BCUT2D eigenvalue weighted by Crippen LogP contribution is 2.41. The van der Waals surface area contributed by atoms with Gasteiger partial charge >= 0.3 is 0 Å². The Balaban J connectivity index is 2.60. The van der Waals surface area contributed by atoms with Gasteiger partial charge in [0.05, 0.1) is 11.0 Å². The predicted molar refractivity (Wildman–Crippen MR) is 65.9 cm³/mol. The number of thioether (sulfide) groups is 2. The molecule has 0 bridgehead atoms. The van der Waals surface area contributed by atoms with Gasteiger partial charge in [-0.2, -0.15) is 0 Å². The van der Waals surface area contributed by atoms with Crippen molar-refractivity contribution in [3.63, 3.8) is 0 Å². The molecule has 5 heteroatoms. The summed E-state index contributed by atoms with van der Waals surface area (Å²) in [7, 11) is 0. The van der Waals surface area contributed by atoms with Gasteiger partial charge in [0.15, 0.2) is 0 Å². The molecule has 80 valence electrons. The van der Waals surface area contributed by atoms with Crippen molar-refractivity contribution in [1.29, 1.82) is 0 Å². The first-order chi connectivity index (χ1) is 6.59. The Morgan fingerprint density at radius 1 is 1.71 bits per heavy atom.